The lowest BCUT2D eigenvalue weighted by atomic mass is 10.1. The van der Waals surface area contributed by atoms with Crippen LogP contribution in [0.1, 0.15) is 16.7 Å². The third kappa shape index (κ3) is 7.43. The Balaban J connectivity index is 1.47. The summed E-state index contributed by atoms with van der Waals surface area (Å²) in [6.45, 7) is 1.60. The molecule has 2 N–H and O–H groups in total. The number of methoxy groups -OCH3 is 1. The number of halogens is 1. The molecule has 3 aromatic carbocycles. The van der Waals surface area contributed by atoms with Gasteiger partial charge in [-0.3, -0.25) is 4.79 Å². The van der Waals surface area contributed by atoms with E-state index in [-0.39, 0.29) is 30.8 Å². The number of H-pyrrole nitrogens is 1. The summed E-state index contributed by atoms with van der Waals surface area (Å²) in [6, 6.07) is 23.4. The number of aromatic amines is 1. The largest absolute Gasteiger partial charge is 0.383 e. The molecule has 7 nitrogen and oxygen atoms in total. The zero-order chi connectivity index (χ0) is 26.7. The molecule has 0 saturated carbocycles. The molecule has 0 aliphatic carbocycles. The van der Waals surface area contributed by atoms with Crippen LogP contribution in [0.25, 0.3) is 10.9 Å². The number of amides is 3. The van der Waals surface area contributed by atoms with E-state index in [1.807, 2.05) is 54.7 Å². The predicted molar refractivity (Wildman–Crippen MR) is 146 cm³/mol. The van der Waals surface area contributed by atoms with Gasteiger partial charge in [-0.25, -0.2) is 9.18 Å². The molecular weight excluding hydrogens is 483 g/mol. The third-order valence-corrected chi connectivity index (χ3v) is 6.43. The van der Waals surface area contributed by atoms with Crippen molar-refractivity contribution in [1.29, 1.82) is 0 Å². The summed E-state index contributed by atoms with van der Waals surface area (Å²) in [4.78, 5) is 33.0. The Labute approximate surface area is 222 Å². The van der Waals surface area contributed by atoms with E-state index < -0.39 is 0 Å². The van der Waals surface area contributed by atoms with Crippen molar-refractivity contribution < 1.29 is 18.7 Å². The summed E-state index contributed by atoms with van der Waals surface area (Å²) in [5, 5.41) is 4.01. The van der Waals surface area contributed by atoms with Crippen molar-refractivity contribution in [2.45, 2.75) is 19.5 Å². The first-order valence-corrected chi connectivity index (χ1v) is 12.7. The van der Waals surface area contributed by atoms with Crippen LogP contribution in [0.3, 0.4) is 0 Å². The molecule has 1 heterocycles. The van der Waals surface area contributed by atoms with Crippen molar-refractivity contribution in [2.75, 3.05) is 33.4 Å². The minimum Gasteiger partial charge on any atom is -0.383 e. The molecule has 0 spiro atoms. The van der Waals surface area contributed by atoms with Gasteiger partial charge < -0.3 is 24.8 Å². The van der Waals surface area contributed by atoms with Gasteiger partial charge >= 0.3 is 6.03 Å². The van der Waals surface area contributed by atoms with Crippen LogP contribution < -0.4 is 5.32 Å². The molecule has 0 atom stereocenters. The predicted octanol–water partition coefficient (Wildman–Crippen LogP) is 4.74. The zero-order valence-electron chi connectivity index (χ0n) is 21.5. The minimum atomic E-state index is -0.336. The van der Waals surface area contributed by atoms with Crippen LogP contribution >= 0.6 is 0 Å². The molecule has 0 bridgehead atoms. The summed E-state index contributed by atoms with van der Waals surface area (Å²) < 4.78 is 18.7. The number of hydrogen-bond donors (Lipinski definition) is 2. The maximum atomic E-state index is 13.6. The number of para-hydroxylation sites is 1. The number of hydrogen-bond acceptors (Lipinski definition) is 3. The number of carbonyl (C=O) groups excluding carboxylic acids is 2. The first-order chi connectivity index (χ1) is 18.5. The van der Waals surface area contributed by atoms with E-state index in [0.29, 0.717) is 32.7 Å². The fourth-order valence-electron chi connectivity index (χ4n) is 4.30. The second kappa shape index (κ2) is 13.4. The van der Waals surface area contributed by atoms with Gasteiger partial charge in [-0.05, 0) is 41.3 Å². The van der Waals surface area contributed by atoms with Crippen LogP contribution in [0.15, 0.2) is 85.1 Å². The highest BCUT2D eigenvalue weighted by Crippen LogP contribution is 2.19. The van der Waals surface area contributed by atoms with Crippen molar-refractivity contribution in [3.8, 4) is 0 Å². The molecule has 4 aromatic rings. The number of benzene rings is 3. The normalized spacial score (nSPS) is 10.9. The van der Waals surface area contributed by atoms with Gasteiger partial charge in [0.05, 0.1) is 6.61 Å². The number of rotatable bonds is 12. The first-order valence-electron chi connectivity index (χ1n) is 12.7. The Bertz CT molecular complexity index is 1320. The van der Waals surface area contributed by atoms with E-state index in [1.165, 1.54) is 17.0 Å². The molecule has 1 aromatic heterocycles. The molecule has 38 heavy (non-hydrogen) atoms. The SMILES string of the molecule is COCCN(CC(=O)N(CCc1c[nH]c2ccccc12)Cc1ccc(F)cc1)C(=O)NCc1ccccc1. The van der Waals surface area contributed by atoms with E-state index in [2.05, 4.69) is 16.4 Å². The molecule has 198 valence electrons. The Kier molecular flexibility index (Phi) is 9.48. The minimum absolute atomic E-state index is 0.0982. The lowest BCUT2D eigenvalue weighted by molar-refractivity contribution is -0.132. The molecule has 8 heteroatoms. The number of nitrogens with one attached hydrogen (secondary N) is 2. The lowest BCUT2D eigenvalue weighted by Crippen LogP contribution is -2.48. The molecule has 0 aliphatic rings. The smallest absolute Gasteiger partial charge is 0.318 e. The van der Waals surface area contributed by atoms with Crippen LogP contribution in [0.5, 0.6) is 0 Å². The van der Waals surface area contributed by atoms with Crippen LogP contribution in [-0.4, -0.2) is 60.1 Å². The van der Waals surface area contributed by atoms with Gasteiger partial charge in [0, 0.05) is 50.4 Å². The molecule has 0 saturated heterocycles. The van der Waals surface area contributed by atoms with E-state index in [0.717, 1.165) is 27.6 Å². The summed E-state index contributed by atoms with van der Waals surface area (Å²) in [6.07, 6.45) is 2.60. The van der Waals surface area contributed by atoms with Crippen LogP contribution in [0, 0.1) is 5.82 Å². The van der Waals surface area contributed by atoms with Gasteiger partial charge in [0.2, 0.25) is 5.91 Å². The lowest BCUT2D eigenvalue weighted by Gasteiger charge is -2.28. The van der Waals surface area contributed by atoms with Gasteiger partial charge in [0.25, 0.3) is 0 Å². The maximum absolute atomic E-state index is 13.6. The molecule has 3 amide bonds. The Hall–Kier alpha value is -4.17. The molecule has 0 aliphatic heterocycles. The Morgan fingerprint density at radius 2 is 1.63 bits per heavy atom. The molecule has 0 radical (unpaired) electrons. The molecular formula is C30H33FN4O3. The Morgan fingerprint density at radius 1 is 0.895 bits per heavy atom. The maximum Gasteiger partial charge on any atom is 0.318 e. The standard InChI is InChI=1S/C30H33FN4O3/c1-38-18-17-35(30(37)33-19-23-7-3-2-4-8-23)22-29(36)34(21-24-11-13-26(31)14-12-24)16-15-25-20-32-28-10-6-5-9-27(25)28/h2-14,20,32H,15-19,21-22H2,1H3,(H,33,37). The van der Waals surface area contributed by atoms with Crippen molar-refractivity contribution >= 4 is 22.8 Å². The number of nitrogens with zero attached hydrogens (tertiary/aromatic N) is 2. The van der Waals surface area contributed by atoms with Gasteiger partial charge in [-0.15, -0.1) is 0 Å². The number of fused-ring (bicyclic) bond motifs is 1. The molecule has 4 rings (SSSR count). The second-order valence-electron chi connectivity index (χ2n) is 9.11. The van der Waals surface area contributed by atoms with Gasteiger partial charge in [-0.1, -0.05) is 60.7 Å². The average Bonchev–Trinajstić information content (AvgIpc) is 3.36. The van der Waals surface area contributed by atoms with E-state index in [9.17, 15) is 14.0 Å². The summed E-state index contributed by atoms with van der Waals surface area (Å²) in [7, 11) is 1.56. The summed E-state index contributed by atoms with van der Waals surface area (Å²) >= 11 is 0. The molecule has 0 fully saturated rings. The van der Waals surface area contributed by atoms with E-state index in [4.69, 9.17) is 4.74 Å². The quantitative estimate of drug-likeness (QED) is 0.286. The topological polar surface area (TPSA) is 77.7 Å². The first kappa shape index (κ1) is 26.9. The third-order valence-electron chi connectivity index (χ3n) is 6.43. The van der Waals surface area contributed by atoms with E-state index >= 15 is 0 Å². The highest BCUT2D eigenvalue weighted by Gasteiger charge is 2.22. The highest BCUT2D eigenvalue weighted by molar-refractivity contribution is 5.85. The highest BCUT2D eigenvalue weighted by atomic mass is 19.1. The fraction of sp³-hybridized carbons (Fsp3) is 0.267. The second-order valence-corrected chi connectivity index (χ2v) is 9.11. The van der Waals surface area contributed by atoms with Crippen molar-refractivity contribution in [3.05, 3.63) is 108 Å². The average molecular weight is 517 g/mol. The summed E-state index contributed by atoms with van der Waals surface area (Å²) in [5.74, 6) is -0.522. The van der Waals surface area contributed by atoms with Crippen LogP contribution in [-0.2, 0) is 29.0 Å². The van der Waals surface area contributed by atoms with Crippen molar-refractivity contribution in [1.82, 2.24) is 20.1 Å². The van der Waals surface area contributed by atoms with E-state index in [1.54, 1.807) is 24.1 Å². The number of urea groups is 1. The van der Waals surface area contributed by atoms with Gasteiger partial charge in [-0.2, -0.15) is 0 Å². The monoisotopic (exact) mass is 516 g/mol. The number of aromatic nitrogens is 1. The van der Waals surface area contributed by atoms with Gasteiger partial charge in [0.1, 0.15) is 12.4 Å². The fourth-order valence-corrected chi connectivity index (χ4v) is 4.30. The number of ether oxygens (including phenoxy) is 1. The van der Waals surface area contributed by atoms with Gasteiger partial charge in [0.15, 0.2) is 0 Å². The zero-order valence-corrected chi connectivity index (χ0v) is 21.5. The van der Waals surface area contributed by atoms with Crippen LogP contribution in [0.2, 0.25) is 0 Å². The van der Waals surface area contributed by atoms with Crippen molar-refractivity contribution in [3.63, 3.8) is 0 Å². The molecule has 0 unspecified atom stereocenters. The number of carbonyl (C=O) groups is 2. The summed E-state index contributed by atoms with van der Waals surface area (Å²) in [5.41, 5.74) is 3.93. The Morgan fingerprint density at radius 3 is 2.39 bits per heavy atom. The van der Waals surface area contributed by atoms with Crippen LogP contribution in [0.4, 0.5) is 9.18 Å². The van der Waals surface area contributed by atoms with Crippen molar-refractivity contribution in [2.24, 2.45) is 0 Å².